The van der Waals surface area contributed by atoms with Gasteiger partial charge in [-0.1, -0.05) is 29.8 Å². The van der Waals surface area contributed by atoms with E-state index >= 15 is 0 Å². The van der Waals surface area contributed by atoms with E-state index in [2.05, 4.69) is 0 Å². The third-order valence-electron chi connectivity index (χ3n) is 5.29. The molecular formula is C23H25FN2O4S. The first-order valence-electron chi connectivity index (χ1n) is 10.1. The Morgan fingerprint density at radius 2 is 1.77 bits per heavy atom. The lowest BCUT2D eigenvalue weighted by Crippen LogP contribution is -2.40. The van der Waals surface area contributed by atoms with Gasteiger partial charge in [0.1, 0.15) is 16.9 Å². The minimum atomic E-state index is -4.03. The van der Waals surface area contributed by atoms with Crippen molar-refractivity contribution in [3.05, 3.63) is 65.1 Å². The number of ether oxygens (including phenoxy) is 1. The first-order valence-corrected chi connectivity index (χ1v) is 11.5. The standard InChI is InChI=1S/C23H25FN2O4S/c1-15-8-10-16(11-9-15)31(28,29)26-20-12-13-25(22(27)30-23(2,3)4)14-18(20)17-6-5-7-19(24)21(17)26/h5-11H,12-14H2,1-4H3. The monoisotopic (exact) mass is 444 g/mol. The van der Waals surface area contributed by atoms with Crippen LogP contribution in [0.4, 0.5) is 9.18 Å². The van der Waals surface area contributed by atoms with Gasteiger partial charge in [-0.05, 0) is 45.9 Å². The second kappa shape index (κ2) is 7.37. The van der Waals surface area contributed by atoms with Crippen LogP contribution in [0, 0.1) is 12.7 Å². The molecule has 0 atom stereocenters. The van der Waals surface area contributed by atoms with E-state index in [1.165, 1.54) is 23.1 Å². The Balaban J connectivity index is 1.87. The molecule has 3 aromatic rings. The minimum absolute atomic E-state index is 0.0131. The fourth-order valence-corrected chi connectivity index (χ4v) is 5.49. The van der Waals surface area contributed by atoms with E-state index in [1.54, 1.807) is 45.0 Å². The fourth-order valence-electron chi connectivity index (χ4n) is 3.88. The number of para-hydroxylation sites is 1. The molecule has 1 aromatic heterocycles. The molecule has 0 saturated heterocycles. The molecule has 0 unspecified atom stereocenters. The molecule has 1 amide bonds. The number of carbonyl (C=O) groups is 1. The lowest BCUT2D eigenvalue weighted by Gasteiger charge is -2.30. The third kappa shape index (κ3) is 3.80. The Morgan fingerprint density at radius 1 is 1.10 bits per heavy atom. The number of benzene rings is 2. The smallest absolute Gasteiger partial charge is 0.410 e. The molecule has 0 fully saturated rings. The zero-order chi connectivity index (χ0) is 22.6. The largest absolute Gasteiger partial charge is 0.444 e. The molecule has 6 nitrogen and oxygen atoms in total. The van der Waals surface area contributed by atoms with E-state index in [0.29, 0.717) is 16.6 Å². The quantitative estimate of drug-likeness (QED) is 0.578. The van der Waals surface area contributed by atoms with Crippen molar-refractivity contribution in [2.75, 3.05) is 6.54 Å². The number of hydrogen-bond donors (Lipinski definition) is 0. The molecule has 0 bridgehead atoms. The summed E-state index contributed by atoms with van der Waals surface area (Å²) in [6, 6.07) is 11.0. The zero-order valence-corrected chi connectivity index (χ0v) is 18.8. The summed E-state index contributed by atoms with van der Waals surface area (Å²) in [7, 11) is -4.03. The topological polar surface area (TPSA) is 68.6 Å². The van der Waals surface area contributed by atoms with Crippen molar-refractivity contribution >= 4 is 27.0 Å². The predicted octanol–water partition coefficient (Wildman–Crippen LogP) is 4.62. The second-order valence-electron chi connectivity index (χ2n) is 8.80. The molecule has 164 valence electrons. The average Bonchev–Trinajstić information content (AvgIpc) is 3.03. The van der Waals surface area contributed by atoms with Crippen LogP contribution in [0.15, 0.2) is 47.4 Å². The predicted molar refractivity (Wildman–Crippen MR) is 116 cm³/mol. The Morgan fingerprint density at radius 3 is 2.42 bits per heavy atom. The van der Waals surface area contributed by atoms with Gasteiger partial charge in [0.15, 0.2) is 0 Å². The van der Waals surface area contributed by atoms with E-state index in [9.17, 15) is 17.6 Å². The molecule has 0 spiro atoms. The summed E-state index contributed by atoms with van der Waals surface area (Å²) in [4.78, 5) is 14.2. The Hall–Kier alpha value is -2.87. The van der Waals surface area contributed by atoms with Gasteiger partial charge in [0.05, 0.1) is 11.4 Å². The van der Waals surface area contributed by atoms with Crippen LogP contribution >= 0.6 is 0 Å². The molecule has 2 aromatic carbocycles. The van der Waals surface area contributed by atoms with Gasteiger partial charge in [-0.15, -0.1) is 0 Å². The summed E-state index contributed by atoms with van der Waals surface area (Å²) in [5.41, 5.74) is 1.42. The van der Waals surface area contributed by atoms with Gasteiger partial charge in [-0.2, -0.15) is 0 Å². The summed E-state index contributed by atoms with van der Waals surface area (Å²) in [5.74, 6) is -0.619. The highest BCUT2D eigenvalue weighted by Crippen LogP contribution is 2.35. The van der Waals surface area contributed by atoms with Crippen LogP contribution < -0.4 is 0 Å². The van der Waals surface area contributed by atoms with Gasteiger partial charge >= 0.3 is 6.09 Å². The Bertz CT molecular complexity index is 1270. The number of rotatable bonds is 2. The van der Waals surface area contributed by atoms with E-state index < -0.39 is 27.5 Å². The number of carbonyl (C=O) groups excluding carboxylic acids is 1. The molecule has 0 aliphatic carbocycles. The normalized spacial score (nSPS) is 14.5. The first-order chi connectivity index (χ1) is 14.5. The van der Waals surface area contributed by atoms with Crippen LogP contribution in [0.5, 0.6) is 0 Å². The van der Waals surface area contributed by atoms with Crippen molar-refractivity contribution in [2.24, 2.45) is 0 Å². The number of halogens is 1. The van der Waals surface area contributed by atoms with Gasteiger partial charge in [-0.3, -0.25) is 0 Å². The van der Waals surface area contributed by atoms with Gasteiger partial charge < -0.3 is 9.64 Å². The van der Waals surface area contributed by atoms with Crippen molar-refractivity contribution < 1.29 is 22.3 Å². The van der Waals surface area contributed by atoms with Gasteiger partial charge in [-0.25, -0.2) is 21.6 Å². The molecule has 2 heterocycles. The van der Waals surface area contributed by atoms with Crippen LogP contribution in [-0.2, 0) is 27.7 Å². The van der Waals surface area contributed by atoms with Crippen LogP contribution in [0.2, 0.25) is 0 Å². The summed E-state index contributed by atoms with van der Waals surface area (Å²) in [6.07, 6.45) is -0.204. The van der Waals surface area contributed by atoms with Crippen molar-refractivity contribution in [3.63, 3.8) is 0 Å². The summed E-state index contributed by atoms with van der Waals surface area (Å²) in [6.45, 7) is 7.67. The van der Waals surface area contributed by atoms with E-state index in [4.69, 9.17) is 4.74 Å². The summed E-state index contributed by atoms with van der Waals surface area (Å²) in [5, 5.41) is 0.485. The van der Waals surface area contributed by atoms with Gasteiger partial charge in [0, 0.05) is 29.6 Å². The number of aromatic nitrogens is 1. The molecule has 31 heavy (non-hydrogen) atoms. The van der Waals surface area contributed by atoms with Crippen LogP contribution in [-0.4, -0.2) is 35.5 Å². The third-order valence-corrected chi connectivity index (χ3v) is 7.04. The summed E-state index contributed by atoms with van der Waals surface area (Å²) < 4.78 is 48.6. The summed E-state index contributed by atoms with van der Waals surface area (Å²) >= 11 is 0. The fraction of sp³-hybridized carbons (Fsp3) is 0.348. The van der Waals surface area contributed by atoms with E-state index in [1.807, 2.05) is 6.92 Å². The number of hydrogen-bond acceptors (Lipinski definition) is 4. The molecule has 1 aliphatic rings. The van der Waals surface area contributed by atoms with Crippen molar-refractivity contribution in [1.29, 1.82) is 0 Å². The Kier molecular flexibility index (Phi) is 5.08. The van der Waals surface area contributed by atoms with Crippen molar-refractivity contribution in [3.8, 4) is 0 Å². The highest BCUT2D eigenvalue weighted by atomic mass is 32.2. The number of aryl methyl sites for hydroxylation is 1. The average molecular weight is 445 g/mol. The lowest BCUT2D eigenvalue weighted by molar-refractivity contribution is 0.0224. The molecule has 8 heteroatoms. The van der Waals surface area contributed by atoms with E-state index in [-0.39, 0.29) is 29.9 Å². The molecule has 0 N–H and O–H groups in total. The zero-order valence-electron chi connectivity index (χ0n) is 18.0. The van der Waals surface area contributed by atoms with Crippen LogP contribution in [0.25, 0.3) is 10.9 Å². The molecule has 0 radical (unpaired) electrons. The number of amides is 1. The van der Waals surface area contributed by atoms with E-state index in [0.717, 1.165) is 9.54 Å². The SMILES string of the molecule is Cc1ccc(S(=O)(=O)n2c3c(c4cccc(F)c42)CN(C(=O)OC(C)(C)C)CC3)cc1. The van der Waals surface area contributed by atoms with Crippen LogP contribution in [0.3, 0.4) is 0 Å². The van der Waals surface area contributed by atoms with Gasteiger partial charge in [0.25, 0.3) is 10.0 Å². The molecule has 0 saturated carbocycles. The number of fused-ring (bicyclic) bond motifs is 3. The van der Waals surface area contributed by atoms with Crippen molar-refractivity contribution in [1.82, 2.24) is 8.87 Å². The molecule has 4 rings (SSSR count). The highest BCUT2D eigenvalue weighted by Gasteiger charge is 2.34. The maximum atomic E-state index is 14.9. The molecule has 1 aliphatic heterocycles. The Labute approximate surface area is 181 Å². The highest BCUT2D eigenvalue weighted by molar-refractivity contribution is 7.90. The second-order valence-corrected chi connectivity index (χ2v) is 10.6. The maximum Gasteiger partial charge on any atom is 0.410 e. The number of nitrogens with zero attached hydrogens (tertiary/aromatic N) is 2. The van der Waals surface area contributed by atoms with Gasteiger partial charge in [0.2, 0.25) is 0 Å². The first kappa shape index (κ1) is 21.4. The lowest BCUT2D eigenvalue weighted by atomic mass is 10.0. The minimum Gasteiger partial charge on any atom is -0.444 e. The van der Waals surface area contributed by atoms with Crippen LogP contribution in [0.1, 0.15) is 37.6 Å². The van der Waals surface area contributed by atoms with Crippen molar-refractivity contribution in [2.45, 2.75) is 51.2 Å². The maximum absolute atomic E-state index is 14.9. The molecular weight excluding hydrogens is 419 g/mol.